The lowest BCUT2D eigenvalue weighted by Crippen LogP contribution is -2.05. The van der Waals surface area contributed by atoms with Crippen molar-refractivity contribution in [2.75, 3.05) is 23.7 Å². The normalized spacial score (nSPS) is 23.6. The zero-order valence-corrected chi connectivity index (χ0v) is 9.46. The van der Waals surface area contributed by atoms with Gasteiger partial charge in [-0.1, -0.05) is 6.92 Å². The third kappa shape index (κ3) is 2.85. The Morgan fingerprint density at radius 3 is 2.93 bits per heavy atom. The van der Waals surface area contributed by atoms with Crippen molar-refractivity contribution in [3.05, 3.63) is 18.3 Å². The molecular formula is C12H19N3. The largest absolute Gasteiger partial charge is 0.385 e. The summed E-state index contributed by atoms with van der Waals surface area (Å²) in [7, 11) is 0. The number of aromatic nitrogens is 1. The molecule has 0 aliphatic heterocycles. The van der Waals surface area contributed by atoms with Crippen LogP contribution in [-0.2, 0) is 0 Å². The van der Waals surface area contributed by atoms with E-state index < -0.39 is 0 Å². The van der Waals surface area contributed by atoms with Crippen LogP contribution in [0.4, 0.5) is 11.5 Å². The van der Waals surface area contributed by atoms with Gasteiger partial charge in [0.15, 0.2) is 0 Å². The van der Waals surface area contributed by atoms with E-state index in [0.717, 1.165) is 30.7 Å². The third-order valence-corrected chi connectivity index (χ3v) is 2.96. The fraction of sp³-hybridized carbons (Fsp3) is 0.583. The van der Waals surface area contributed by atoms with Crippen molar-refractivity contribution in [2.45, 2.75) is 20.3 Å². The molecule has 1 aliphatic rings. The van der Waals surface area contributed by atoms with Gasteiger partial charge in [-0.2, -0.15) is 0 Å². The zero-order chi connectivity index (χ0) is 10.7. The van der Waals surface area contributed by atoms with Gasteiger partial charge < -0.3 is 10.6 Å². The summed E-state index contributed by atoms with van der Waals surface area (Å²) in [5, 5.41) is 6.66. The molecule has 2 unspecified atom stereocenters. The summed E-state index contributed by atoms with van der Waals surface area (Å²) in [6.45, 7) is 6.39. The summed E-state index contributed by atoms with van der Waals surface area (Å²) in [4.78, 5) is 4.24. The maximum absolute atomic E-state index is 4.24. The van der Waals surface area contributed by atoms with Crippen molar-refractivity contribution < 1.29 is 0 Å². The summed E-state index contributed by atoms with van der Waals surface area (Å²) < 4.78 is 0. The lowest BCUT2D eigenvalue weighted by Gasteiger charge is -2.07. The number of hydrogen-bond acceptors (Lipinski definition) is 3. The van der Waals surface area contributed by atoms with E-state index in [2.05, 4.69) is 35.5 Å². The molecule has 0 saturated heterocycles. The van der Waals surface area contributed by atoms with Crippen LogP contribution in [-0.4, -0.2) is 18.1 Å². The van der Waals surface area contributed by atoms with Gasteiger partial charge in [-0.25, -0.2) is 4.98 Å². The van der Waals surface area contributed by atoms with Crippen LogP contribution >= 0.6 is 0 Å². The minimum absolute atomic E-state index is 0.876. The second-order valence-electron chi connectivity index (χ2n) is 4.31. The maximum atomic E-state index is 4.24. The molecule has 0 amide bonds. The summed E-state index contributed by atoms with van der Waals surface area (Å²) in [5.74, 6) is 2.74. The van der Waals surface area contributed by atoms with Crippen molar-refractivity contribution >= 4 is 11.5 Å². The molecule has 1 aliphatic carbocycles. The molecule has 2 N–H and O–H groups in total. The molecule has 3 nitrogen and oxygen atoms in total. The van der Waals surface area contributed by atoms with Gasteiger partial charge in [0.25, 0.3) is 0 Å². The van der Waals surface area contributed by atoms with Crippen molar-refractivity contribution in [2.24, 2.45) is 11.8 Å². The van der Waals surface area contributed by atoms with Gasteiger partial charge in [-0.05, 0) is 31.2 Å². The van der Waals surface area contributed by atoms with Crippen LogP contribution in [0.1, 0.15) is 20.3 Å². The molecule has 15 heavy (non-hydrogen) atoms. The van der Waals surface area contributed by atoms with Crippen LogP contribution in [0, 0.1) is 11.8 Å². The predicted octanol–water partition coefficient (Wildman–Crippen LogP) is 2.58. The Kier molecular flexibility index (Phi) is 3.09. The molecule has 1 aromatic rings. The summed E-state index contributed by atoms with van der Waals surface area (Å²) in [6, 6.07) is 4.09. The fourth-order valence-electron chi connectivity index (χ4n) is 1.75. The zero-order valence-electron chi connectivity index (χ0n) is 9.46. The molecule has 82 valence electrons. The van der Waals surface area contributed by atoms with Crippen LogP contribution in [0.5, 0.6) is 0 Å². The highest BCUT2D eigenvalue weighted by Gasteiger charge is 2.31. The van der Waals surface area contributed by atoms with Crippen LogP contribution in [0.3, 0.4) is 0 Å². The Balaban J connectivity index is 1.87. The first-order valence-electron chi connectivity index (χ1n) is 5.73. The standard InChI is InChI=1S/C12H19N3/c1-3-13-12-7-11(4-5-14-12)15-8-10-6-9(10)2/h4-5,7,9-10H,3,6,8H2,1-2H3,(H2,13,14,15). The summed E-state index contributed by atoms with van der Waals surface area (Å²) in [5.41, 5.74) is 1.17. The molecule has 0 radical (unpaired) electrons. The second-order valence-corrected chi connectivity index (χ2v) is 4.31. The first-order valence-corrected chi connectivity index (χ1v) is 5.73. The number of hydrogen-bond donors (Lipinski definition) is 2. The molecular weight excluding hydrogens is 186 g/mol. The van der Waals surface area contributed by atoms with Gasteiger partial charge in [0, 0.05) is 31.0 Å². The number of anilines is 2. The lowest BCUT2D eigenvalue weighted by atomic mass is 10.3. The molecule has 3 heteroatoms. The SMILES string of the molecule is CCNc1cc(NCC2CC2C)ccn1. The third-order valence-electron chi connectivity index (χ3n) is 2.96. The van der Waals surface area contributed by atoms with E-state index in [1.165, 1.54) is 12.1 Å². The van der Waals surface area contributed by atoms with Crippen LogP contribution < -0.4 is 10.6 Å². The topological polar surface area (TPSA) is 37.0 Å². The van der Waals surface area contributed by atoms with Gasteiger partial charge >= 0.3 is 0 Å². The first kappa shape index (κ1) is 10.3. The summed E-state index contributed by atoms with van der Waals surface area (Å²) in [6.07, 6.45) is 3.22. The highest BCUT2D eigenvalue weighted by atomic mass is 15.0. The predicted molar refractivity (Wildman–Crippen MR) is 64.2 cm³/mol. The molecule has 1 saturated carbocycles. The highest BCUT2D eigenvalue weighted by molar-refractivity contribution is 5.51. The highest BCUT2D eigenvalue weighted by Crippen LogP contribution is 2.37. The maximum Gasteiger partial charge on any atom is 0.127 e. The second kappa shape index (κ2) is 4.51. The average molecular weight is 205 g/mol. The van der Waals surface area contributed by atoms with E-state index in [-0.39, 0.29) is 0 Å². The molecule has 1 aromatic heterocycles. The molecule has 0 spiro atoms. The number of rotatable bonds is 5. The summed E-state index contributed by atoms with van der Waals surface area (Å²) >= 11 is 0. The van der Waals surface area contributed by atoms with Gasteiger partial charge in [-0.15, -0.1) is 0 Å². The number of nitrogens with zero attached hydrogens (tertiary/aromatic N) is 1. The van der Waals surface area contributed by atoms with Crippen LogP contribution in [0.2, 0.25) is 0 Å². The molecule has 1 fully saturated rings. The van der Waals surface area contributed by atoms with Gasteiger partial charge in [0.2, 0.25) is 0 Å². The smallest absolute Gasteiger partial charge is 0.127 e. The minimum atomic E-state index is 0.876. The first-order chi connectivity index (χ1) is 7.29. The van der Waals surface area contributed by atoms with E-state index in [1.54, 1.807) is 0 Å². The van der Waals surface area contributed by atoms with E-state index in [9.17, 15) is 0 Å². The van der Waals surface area contributed by atoms with Crippen molar-refractivity contribution in [3.8, 4) is 0 Å². The van der Waals surface area contributed by atoms with E-state index >= 15 is 0 Å². The van der Waals surface area contributed by atoms with Gasteiger partial charge in [0.05, 0.1) is 0 Å². The van der Waals surface area contributed by atoms with Crippen molar-refractivity contribution in [1.29, 1.82) is 0 Å². The number of nitrogens with one attached hydrogen (secondary N) is 2. The van der Waals surface area contributed by atoms with Gasteiger partial charge in [0.1, 0.15) is 5.82 Å². The molecule has 0 aromatic carbocycles. The average Bonchev–Trinajstić information content (AvgIpc) is 2.93. The molecule has 2 rings (SSSR count). The Hall–Kier alpha value is -1.25. The van der Waals surface area contributed by atoms with Crippen LogP contribution in [0.25, 0.3) is 0 Å². The van der Waals surface area contributed by atoms with E-state index in [4.69, 9.17) is 0 Å². The Morgan fingerprint density at radius 2 is 2.27 bits per heavy atom. The van der Waals surface area contributed by atoms with Crippen molar-refractivity contribution in [3.63, 3.8) is 0 Å². The fourth-order valence-corrected chi connectivity index (χ4v) is 1.75. The van der Waals surface area contributed by atoms with Crippen molar-refractivity contribution in [1.82, 2.24) is 4.98 Å². The Morgan fingerprint density at radius 1 is 1.47 bits per heavy atom. The van der Waals surface area contributed by atoms with E-state index in [0.29, 0.717) is 0 Å². The lowest BCUT2D eigenvalue weighted by molar-refractivity contribution is 0.787. The molecule has 1 heterocycles. The number of pyridine rings is 1. The quantitative estimate of drug-likeness (QED) is 0.775. The Labute approximate surface area is 91.3 Å². The minimum Gasteiger partial charge on any atom is -0.385 e. The van der Waals surface area contributed by atoms with Crippen LogP contribution in [0.15, 0.2) is 18.3 Å². The monoisotopic (exact) mass is 205 g/mol. The Bertz CT molecular complexity index is 324. The van der Waals surface area contributed by atoms with Gasteiger partial charge in [-0.3, -0.25) is 0 Å². The molecule has 2 atom stereocenters. The molecule has 0 bridgehead atoms. The van der Waals surface area contributed by atoms with E-state index in [1.807, 2.05) is 12.3 Å².